The third kappa shape index (κ3) is 4.90. The van der Waals surface area contributed by atoms with Gasteiger partial charge in [0.1, 0.15) is 18.4 Å². The molecule has 0 aromatic heterocycles. The summed E-state index contributed by atoms with van der Waals surface area (Å²) in [6, 6.07) is 15.1. The van der Waals surface area contributed by atoms with Gasteiger partial charge in [0, 0.05) is 55.1 Å². The Morgan fingerprint density at radius 2 is 1.78 bits per heavy atom. The van der Waals surface area contributed by atoms with E-state index in [2.05, 4.69) is 52.9 Å². The molecular formula is C30H36N4O3. The molecule has 2 amide bonds. The van der Waals surface area contributed by atoms with Crippen molar-refractivity contribution in [1.29, 1.82) is 0 Å². The summed E-state index contributed by atoms with van der Waals surface area (Å²) in [4.78, 5) is 32.5. The molecule has 0 spiro atoms. The molecule has 37 heavy (non-hydrogen) atoms. The Balaban J connectivity index is 1.07. The maximum atomic E-state index is 13.1. The molecule has 6 rings (SSSR count). The summed E-state index contributed by atoms with van der Waals surface area (Å²) in [5.41, 5.74) is 4.63. The van der Waals surface area contributed by atoms with Crippen LogP contribution in [0.15, 0.2) is 54.7 Å². The monoisotopic (exact) mass is 500 g/mol. The van der Waals surface area contributed by atoms with Gasteiger partial charge in [0.25, 0.3) is 5.91 Å². The van der Waals surface area contributed by atoms with Crippen molar-refractivity contribution in [3.8, 4) is 5.75 Å². The Hall–Kier alpha value is -3.16. The third-order valence-corrected chi connectivity index (χ3v) is 8.47. The predicted octanol–water partition coefficient (Wildman–Crippen LogP) is 3.85. The Labute approximate surface area is 219 Å². The molecule has 2 aromatic rings. The maximum absolute atomic E-state index is 13.1. The lowest BCUT2D eigenvalue weighted by Gasteiger charge is -2.38. The van der Waals surface area contributed by atoms with Crippen LogP contribution in [0.3, 0.4) is 0 Å². The number of hydrogen-bond acceptors (Lipinski definition) is 5. The second kappa shape index (κ2) is 9.95. The van der Waals surface area contributed by atoms with Gasteiger partial charge >= 0.3 is 0 Å². The Bertz CT molecular complexity index is 1200. The minimum absolute atomic E-state index is 0.107. The minimum Gasteiger partial charge on any atom is -0.489 e. The standard InChI is InChI=1S/C30H36N4O3/c1-20-6-13-27(29(35)31-20)34-18-26-25(30(34)36)4-3-5-28(26)37-19-22-7-9-23(10-8-22)21(2)32-14-16-33(17-15-32)24-11-12-24/h3-5,7-10,21,24,27H,1,6,11-19H2,2H3,(H,31,35)/t21-,27+/m1/s1. The number of hydrogen-bond donors (Lipinski definition) is 1. The number of piperidine rings is 1. The molecule has 1 N–H and O–H groups in total. The van der Waals surface area contributed by atoms with Crippen molar-refractivity contribution in [3.63, 3.8) is 0 Å². The molecule has 1 aliphatic carbocycles. The lowest BCUT2D eigenvalue weighted by molar-refractivity contribution is -0.126. The van der Waals surface area contributed by atoms with E-state index in [1.54, 1.807) is 4.90 Å². The van der Waals surface area contributed by atoms with Crippen LogP contribution in [0.1, 0.15) is 65.7 Å². The number of nitrogens with zero attached hydrogens (tertiary/aromatic N) is 3. The molecule has 2 aromatic carbocycles. The third-order valence-electron chi connectivity index (χ3n) is 8.47. The second-order valence-electron chi connectivity index (χ2n) is 10.9. The van der Waals surface area contributed by atoms with Crippen LogP contribution < -0.4 is 10.1 Å². The van der Waals surface area contributed by atoms with Crippen LogP contribution in [0.2, 0.25) is 0 Å². The molecule has 3 aliphatic heterocycles. The zero-order valence-electron chi connectivity index (χ0n) is 21.6. The highest BCUT2D eigenvalue weighted by Gasteiger charge is 2.39. The molecule has 0 bridgehead atoms. The number of benzene rings is 2. The van der Waals surface area contributed by atoms with E-state index in [0.717, 1.165) is 30.3 Å². The van der Waals surface area contributed by atoms with Crippen molar-refractivity contribution in [2.45, 2.75) is 63.9 Å². The SMILES string of the molecule is C=C1CC[C@H](N2Cc3c(OCc4ccc([C@@H](C)N5CCN(C6CC6)CC5)cc4)cccc3C2=O)C(=O)N1. The molecule has 2 saturated heterocycles. The molecule has 2 atom stereocenters. The van der Waals surface area contributed by atoms with Gasteiger partial charge in [0.15, 0.2) is 0 Å². The van der Waals surface area contributed by atoms with Crippen molar-refractivity contribution in [3.05, 3.63) is 77.0 Å². The topological polar surface area (TPSA) is 65.1 Å². The molecule has 7 nitrogen and oxygen atoms in total. The van der Waals surface area contributed by atoms with E-state index in [9.17, 15) is 9.59 Å². The predicted molar refractivity (Wildman–Crippen MR) is 142 cm³/mol. The normalized spacial score (nSPS) is 23.6. The van der Waals surface area contributed by atoms with Gasteiger partial charge in [-0.3, -0.25) is 19.4 Å². The fourth-order valence-corrected chi connectivity index (χ4v) is 5.97. The van der Waals surface area contributed by atoms with Gasteiger partial charge in [-0.1, -0.05) is 36.9 Å². The van der Waals surface area contributed by atoms with Gasteiger partial charge in [0.05, 0.1) is 6.54 Å². The summed E-state index contributed by atoms with van der Waals surface area (Å²) in [6.45, 7) is 11.6. The Kier molecular flexibility index (Phi) is 6.51. The van der Waals surface area contributed by atoms with Gasteiger partial charge < -0.3 is 15.0 Å². The molecule has 3 fully saturated rings. The molecular weight excluding hydrogens is 464 g/mol. The van der Waals surface area contributed by atoms with Crippen LogP contribution in [0, 0.1) is 0 Å². The first-order chi connectivity index (χ1) is 18.0. The molecule has 3 heterocycles. The summed E-state index contributed by atoms with van der Waals surface area (Å²) in [5.74, 6) is 0.448. The van der Waals surface area contributed by atoms with Crippen LogP contribution in [-0.2, 0) is 17.9 Å². The molecule has 1 saturated carbocycles. The lowest BCUT2D eigenvalue weighted by Crippen LogP contribution is -2.49. The number of fused-ring (bicyclic) bond motifs is 1. The van der Waals surface area contributed by atoms with E-state index in [1.165, 1.54) is 31.5 Å². The number of piperazine rings is 1. The molecule has 194 valence electrons. The fraction of sp³-hybridized carbons (Fsp3) is 0.467. The summed E-state index contributed by atoms with van der Waals surface area (Å²) >= 11 is 0. The van der Waals surface area contributed by atoms with Crippen molar-refractivity contribution in [2.24, 2.45) is 0 Å². The van der Waals surface area contributed by atoms with E-state index in [4.69, 9.17) is 4.74 Å². The highest BCUT2D eigenvalue weighted by molar-refractivity contribution is 6.02. The maximum Gasteiger partial charge on any atom is 0.255 e. The van der Waals surface area contributed by atoms with Gasteiger partial charge in [-0.15, -0.1) is 0 Å². The van der Waals surface area contributed by atoms with Gasteiger partial charge in [-0.2, -0.15) is 0 Å². The van der Waals surface area contributed by atoms with E-state index in [-0.39, 0.29) is 11.8 Å². The Morgan fingerprint density at radius 1 is 1.03 bits per heavy atom. The quantitative estimate of drug-likeness (QED) is 0.626. The van der Waals surface area contributed by atoms with Crippen molar-refractivity contribution >= 4 is 11.8 Å². The van der Waals surface area contributed by atoms with E-state index in [0.29, 0.717) is 49.0 Å². The lowest BCUT2D eigenvalue weighted by atomic mass is 10.0. The Morgan fingerprint density at radius 3 is 2.49 bits per heavy atom. The van der Waals surface area contributed by atoms with E-state index >= 15 is 0 Å². The summed E-state index contributed by atoms with van der Waals surface area (Å²) < 4.78 is 6.21. The van der Waals surface area contributed by atoms with Gasteiger partial charge in [0.2, 0.25) is 5.91 Å². The minimum atomic E-state index is -0.468. The number of allylic oxidation sites excluding steroid dienone is 1. The first-order valence-corrected chi connectivity index (χ1v) is 13.6. The van der Waals surface area contributed by atoms with Crippen LogP contribution in [0.5, 0.6) is 5.75 Å². The van der Waals surface area contributed by atoms with Crippen LogP contribution >= 0.6 is 0 Å². The molecule has 4 aliphatic rings. The van der Waals surface area contributed by atoms with E-state index in [1.807, 2.05) is 18.2 Å². The molecule has 7 heteroatoms. The average Bonchev–Trinajstić information content (AvgIpc) is 3.71. The zero-order valence-corrected chi connectivity index (χ0v) is 21.6. The number of nitrogens with one attached hydrogen (secondary N) is 1. The first kappa shape index (κ1) is 24.2. The van der Waals surface area contributed by atoms with Crippen molar-refractivity contribution in [2.75, 3.05) is 26.2 Å². The number of carbonyl (C=O) groups is 2. The first-order valence-electron chi connectivity index (χ1n) is 13.6. The van der Waals surface area contributed by atoms with Crippen LogP contribution in [-0.4, -0.2) is 64.8 Å². The van der Waals surface area contributed by atoms with Gasteiger partial charge in [-0.05, 0) is 55.9 Å². The highest BCUT2D eigenvalue weighted by atomic mass is 16.5. The summed E-state index contributed by atoms with van der Waals surface area (Å²) in [5, 5.41) is 2.79. The molecule has 0 radical (unpaired) electrons. The molecule has 0 unspecified atom stereocenters. The zero-order chi connectivity index (χ0) is 25.5. The van der Waals surface area contributed by atoms with E-state index < -0.39 is 6.04 Å². The number of carbonyl (C=O) groups excluding carboxylic acids is 2. The largest absolute Gasteiger partial charge is 0.489 e. The van der Waals surface area contributed by atoms with Gasteiger partial charge in [-0.25, -0.2) is 0 Å². The summed E-state index contributed by atoms with van der Waals surface area (Å²) in [6.07, 6.45) is 4.05. The smallest absolute Gasteiger partial charge is 0.255 e. The summed E-state index contributed by atoms with van der Waals surface area (Å²) in [7, 11) is 0. The van der Waals surface area contributed by atoms with Crippen LogP contribution in [0.25, 0.3) is 0 Å². The average molecular weight is 501 g/mol. The van der Waals surface area contributed by atoms with Crippen molar-refractivity contribution in [1.82, 2.24) is 20.0 Å². The highest BCUT2D eigenvalue weighted by Crippen LogP contribution is 2.34. The number of rotatable bonds is 7. The fourth-order valence-electron chi connectivity index (χ4n) is 5.97. The van der Waals surface area contributed by atoms with Crippen LogP contribution in [0.4, 0.5) is 0 Å². The second-order valence-corrected chi connectivity index (χ2v) is 10.9. The van der Waals surface area contributed by atoms with Crippen molar-refractivity contribution < 1.29 is 14.3 Å². The number of ether oxygens (including phenoxy) is 1. The number of amides is 2.